The second-order valence-electron chi connectivity index (χ2n) is 8.47. The third-order valence-corrected chi connectivity index (χ3v) is 8.20. The van der Waals surface area contributed by atoms with E-state index in [0.29, 0.717) is 47.1 Å². The number of ether oxygens (including phenoxy) is 1. The lowest BCUT2D eigenvalue weighted by Crippen LogP contribution is -2.33. The van der Waals surface area contributed by atoms with Crippen molar-refractivity contribution in [3.05, 3.63) is 70.1 Å². The predicted octanol–water partition coefficient (Wildman–Crippen LogP) is 4.90. The van der Waals surface area contributed by atoms with E-state index in [0.717, 1.165) is 15.3 Å². The van der Waals surface area contributed by atoms with Gasteiger partial charge in [0.25, 0.3) is 5.91 Å². The topological polar surface area (TPSA) is 112 Å². The Kier molecular flexibility index (Phi) is 8.16. The quantitative estimate of drug-likeness (QED) is 0.417. The van der Waals surface area contributed by atoms with Crippen LogP contribution in [0.3, 0.4) is 0 Å². The first-order chi connectivity index (χ1) is 17.8. The number of benzene rings is 2. The average molecular weight is 535 g/mol. The summed E-state index contributed by atoms with van der Waals surface area (Å²) in [5, 5.41) is 15.6. The van der Waals surface area contributed by atoms with Crippen molar-refractivity contribution in [1.29, 1.82) is 5.26 Å². The number of nitrogens with zero attached hydrogens (tertiary/aromatic N) is 2. The molecule has 2 heterocycles. The Balaban J connectivity index is 1.40. The van der Waals surface area contributed by atoms with Crippen LogP contribution in [0, 0.1) is 11.3 Å². The van der Waals surface area contributed by atoms with Crippen molar-refractivity contribution in [1.82, 2.24) is 4.90 Å². The summed E-state index contributed by atoms with van der Waals surface area (Å²) in [6.45, 7) is 4.35. The van der Waals surface area contributed by atoms with Crippen LogP contribution in [-0.2, 0) is 22.6 Å². The normalized spacial score (nSPS) is 13.2. The Bertz CT molecular complexity index is 1380. The van der Waals surface area contributed by atoms with Crippen LogP contribution >= 0.6 is 23.1 Å². The number of amides is 3. The summed E-state index contributed by atoms with van der Waals surface area (Å²) < 4.78 is 5.13. The molecule has 3 aromatic rings. The first kappa shape index (κ1) is 26.3. The van der Waals surface area contributed by atoms with Crippen molar-refractivity contribution in [2.24, 2.45) is 0 Å². The minimum absolute atomic E-state index is 0.00409. The molecule has 3 amide bonds. The minimum atomic E-state index is -0.452. The largest absolute Gasteiger partial charge is 0.497 e. The lowest BCUT2D eigenvalue weighted by atomic mass is 10.0. The van der Waals surface area contributed by atoms with Gasteiger partial charge in [-0.3, -0.25) is 14.4 Å². The molecule has 4 rings (SSSR count). The molecule has 0 saturated heterocycles. The fraction of sp³-hybridized carbons (Fsp3) is 0.259. The number of thiophene rings is 1. The Hall–Kier alpha value is -3.81. The van der Waals surface area contributed by atoms with E-state index in [-0.39, 0.29) is 17.7 Å². The first-order valence-electron chi connectivity index (χ1n) is 11.6. The van der Waals surface area contributed by atoms with Crippen molar-refractivity contribution < 1.29 is 19.1 Å². The van der Waals surface area contributed by atoms with E-state index in [1.165, 1.54) is 30.0 Å². The summed E-state index contributed by atoms with van der Waals surface area (Å²) in [5.74, 6) is 0.196. The summed E-state index contributed by atoms with van der Waals surface area (Å²) in [7, 11) is 1.57. The average Bonchev–Trinajstić information content (AvgIpc) is 3.24. The van der Waals surface area contributed by atoms with Crippen LogP contribution in [0.2, 0.25) is 0 Å². The third kappa shape index (κ3) is 6.13. The standard InChI is InChI=1S/C27H26N4O4S2/c1-16(25(33)30-27-23(14-28)22-11-12-31(17(2)32)15-24(22)37-27)36-21-6-4-5-19(13-21)29-26(34)18-7-9-20(35-3)10-8-18/h4-10,13,16H,11-12,15H2,1-3H3,(H,29,34)(H,30,33). The Morgan fingerprint density at radius 2 is 1.92 bits per heavy atom. The Labute approximate surface area is 223 Å². The van der Waals surface area contributed by atoms with E-state index in [4.69, 9.17) is 4.74 Å². The van der Waals surface area contributed by atoms with Gasteiger partial charge in [0.05, 0.1) is 24.5 Å². The van der Waals surface area contributed by atoms with Crippen LogP contribution in [0.25, 0.3) is 0 Å². The number of methoxy groups -OCH3 is 1. The number of carbonyl (C=O) groups excluding carboxylic acids is 3. The van der Waals surface area contributed by atoms with Gasteiger partial charge in [-0.15, -0.1) is 23.1 Å². The maximum absolute atomic E-state index is 13.0. The Morgan fingerprint density at radius 1 is 1.16 bits per heavy atom. The van der Waals surface area contributed by atoms with Gasteiger partial charge in [-0.2, -0.15) is 5.26 Å². The summed E-state index contributed by atoms with van der Waals surface area (Å²) in [5.41, 5.74) is 2.52. The smallest absolute Gasteiger partial charge is 0.255 e. The fourth-order valence-electron chi connectivity index (χ4n) is 3.94. The number of fused-ring (bicyclic) bond motifs is 1. The van der Waals surface area contributed by atoms with Crippen LogP contribution in [0.15, 0.2) is 53.4 Å². The zero-order valence-corrected chi connectivity index (χ0v) is 22.3. The van der Waals surface area contributed by atoms with E-state index in [9.17, 15) is 19.6 Å². The van der Waals surface area contributed by atoms with E-state index in [1.807, 2.05) is 18.2 Å². The highest BCUT2D eigenvalue weighted by Gasteiger charge is 2.27. The maximum atomic E-state index is 13.0. The molecule has 0 aliphatic carbocycles. The summed E-state index contributed by atoms with van der Waals surface area (Å²) >= 11 is 2.71. The fourth-order valence-corrected chi connectivity index (χ4v) is 6.09. The SMILES string of the molecule is COc1ccc(C(=O)Nc2cccc(SC(C)C(=O)Nc3sc4c(c3C#N)CCN(C(C)=O)C4)c2)cc1. The summed E-state index contributed by atoms with van der Waals surface area (Å²) in [6, 6.07) is 16.3. The third-order valence-electron chi connectivity index (χ3n) is 5.98. The number of hydrogen-bond donors (Lipinski definition) is 2. The molecule has 37 heavy (non-hydrogen) atoms. The molecule has 2 aromatic carbocycles. The lowest BCUT2D eigenvalue weighted by molar-refractivity contribution is -0.129. The van der Waals surface area contributed by atoms with Crippen molar-refractivity contribution in [2.45, 2.75) is 37.0 Å². The maximum Gasteiger partial charge on any atom is 0.255 e. The van der Waals surface area contributed by atoms with Crippen LogP contribution in [-0.4, -0.2) is 41.5 Å². The molecule has 1 unspecified atom stereocenters. The van der Waals surface area contributed by atoms with E-state index in [2.05, 4.69) is 16.7 Å². The van der Waals surface area contributed by atoms with Crippen molar-refractivity contribution in [3.8, 4) is 11.8 Å². The highest BCUT2D eigenvalue weighted by atomic mass is 32.2. The van der Waals surface area contributed by atoms with Crippen molar-refractivity contribution >= 4 is 51.5 Å². The van der Waals surface area contributed by atoms with Crippen molar-refractivity contribution in [3.63, 3.8) is 0 Å². The Morgan fingerprint density at radius 3 is 2.59 bits per heavy atom. The number of anilines is 2. The number of nitriles is 1. The van der Waals surface area contributed by atoms with Gasteiger partial charge in [-0.05, 0) is 61.4 Å². The predicted molar refractivity (Wildman–Crippen MR) is 145 cm³/mol. The first-order valence-corrected chi connectivity index (χ1v) is 13.3. The molecule has 190 valence electrons. The molecule has 0 bridgehead atoms. The van der Waals surface area contributed by atoms with Crippen LogP contribution in [0.4, 0.5) is 10.7 Å². The summed E-state index contributed by atoms with van der Waals surface area (Å²) in [6.07, 6.45) is 0.601. The number of thioether (sulfide) groups is 1. The minimum Gasteiger partial charge on any atom is -0.497 e. The van der Waals surface area contributed by atoms with Gasteiger partial charge < -0.3 is 20.3 Å². The molecule has 1 aliphatic rings. The second kappa shape index (κ2) is 11.5. The van der Waals surface area contributed by atoms with E-state index < -0.39 is 5.25 Å². The van der Waals surface area contributed by atoms with Gasteiger partial charge in [-0.25, -0.2) is 0 Å². The molecular weight excluding hydrogens is 508 g/mol. The molecule has 0 saturated carbocycles. The molecular formula is C27H26N4O4S2. The highest BCUT2D eigenvalue weighted by Crippen LogP contribution is 2.37. The van der Waals surface area contributed by atoms with Gasteiger partial charge in [0, 0.05) is 34.5 Å². The zero-order valence-electron chi connectivity index (χ0n) is 20.7. The molecule has 0 radical (unpaired) electrons. The number of hydrogen-bond acceptors (Lipinski definition) is 7. The van der Waals surface area contributed by atoms with E-state index in [1.54, 1.807) is 49.3 Å². The number of rotatable bonds is 7. The molecule has 0 fully saturated rings. The van der Waals surface area contributed by atoms with Gasteiger partial charge in [0.1, 0.15) is 16.8 Å². The lowest BCUT2D eigenvalue weighted by Gasteiger charge is -2.25. The van der Waals surface area contributed by atoms with Crippen molar-refractivity contribution in [2.75, 3.05) is 24.3 Å². The monoisotopic (exact) mass is 534 g/mol. The molecule has 10 heteroatoms. The van der Waals surface area contributed by atoms with E-state index >= 15 is 0 Å². The molecule has 1 atom stereocenters. The van der Waals surface area contributed by atoms with Gasteiger partial charge in [-0.1, -0.05) is 6.07 Å². The molecule has 1 aliphatic heterocycles. The van der Waals surface area contributed by atoms with Gasteiger partial charge >= 0.3 is 0 Å². The molecule has 0 spiro atoms. The number of nitrogens with one attached hydrogen (secondary N) is 2. The summed E-state index contributed by atoms with van der Waals surface area (Å²) in [4.78, 5) is 40.8. The molecule has 8 nitrogen and oxygen atoms in total. The van der Waals surface area contributed by atoms with Gasteiger partial charge in [0.2, 0.25) is 11.8 Å². The molecule has 1 aromatic heterocycles. The highest BCUT2D eigenvalue weighted by molar-refractivity contribution is 8.00. The molecule has 2 N–H and O–H groups in total. The van der Waals surface area contributed by atoms with Gasteiger partial charge in [0.15, 0.2) is 0 Å². The van der Waals surface area contributed by atoms with Crippen LogP contribution in [0.1, 0.15) is 40.2 Å². The second-order valence-corrected chi connectivity index (χ2v) is 11.0. The zero-order chi connectivity index (χ0) is 26.5. The number of carbonyl (C=O) groups is 3. The van der Waals surface area contributed by atoms with Crippen LogP contribution in [0.5, 0.6) is 5.75 Å². The van der Waals surface area contributed by atoms with Crippen LogP contribution < -0.4 is 15.4 Å².